The summed E-state index contributed by atoms with van der Waals surface area (Å²) in [5, 5.41) is 9.70. The molecule has 3 aromatic heterocycles. The first-order valence-corrected chi connectivity index (χ1v) is 9.32. The molecule has 29 heavy (non-hydrogen) atoms. The molecule has 1 aliphatic rings. The first-order valence-electron chi connectivity index (χ1n) is 9.32. The molecule has 1 aliphatic heterocycles. The second kappa shape index (κ2) is 7.75. The van der Waals surface area contributed by atoms with E-state index in [1.54, 1.807) is 36.0 Å². The number of piperidine rings is 1. The summed E-state index contributed by atoms with van der Waals surface area (Å²) in [5.74, 6) is -2.70. The number of carbonyl (C=O) groups is 1. The molecule has 152 valence electrons. The SMILES string of the molecule is Cc1nn2ccc(OCc3ccccn3)cc2c1C(=O)NC1CNCC(F)(F)C1. The summed E-state index contributed by atoms with van der Waals surface area (Å²) in [5.41, 5.74) is 2.19. The maximum absolute atomic E-state index is 13.6. The monoisotopic (exact) mass is 401 g/mol. The zero-order valence-corrected chi connectivity index (χ0v) is 15.9. The van der Waals surface area contributed by atoms with E-state index >= 15 is 0 Å². The van der Waals surface area contributed by atoms with Crippen LogP contribution in [0.1, 0.15) is 28.2 Å². The number of aryl methyl sites for hydroxylation is 1. The Labute approximate surface area is 166 Å². The molecule has 3 aromatic rings. The van der Waals surface area contributed by atoms with Crippen LogP contribution in [0.15, 0.2) is 42.7 Å². The van der Waals surface area contributed by atoms with Crippen LogP contribution >= 0.6 is 0 Å². The highest BCUT2D eigenvalue weighted by atomic mass is 19.3. The molecule has 1 atom stereocenters. The average molecular weight is 401 g/mol. The van der Waals surface area contributed by atoms with Crippen LogP contribution in [0.3, 0.4) is 0 Å². The maximum Gasteiger partial charge on any atom is 0.262 e. The molecule has 9 heteroatoms. The number of amides is 1. The van der Waals surface area contributed by atoms with E-state index in [0.29, 0.717) is 29.1 Å². The number of carbonyl (C=O) groups excluding carboxylic acids is 1. The number of hydrogen-bond acceptors (Lipinski definition) is 5. The van der Waals surface area contributed by atoms with E-state index in [1.165, 1.54) is 0 Å². The van der Waals surface area contributed by atoms with Gasteiger partial charge in [-0.05, 0) is 25.1 Å². The van der Waals surface area contributed by atoms with Gasteiger partial charge in [-0.3, -0.25) is 9.78 Å². The summed E-state index contributed by atoms with van der Waals surface area (Å²) in [6.45, 7) is 1.93. The van der Waals surface area contributed by atoms with Gasteiger partial charge < -0.3 is 15.4 Å². The van der Waals surface area contributed by atoms with Gasteiger partial charge in [-0.1, -0.05) is 6.07 Å². The van der Waals surface area contributed by atoms with Gasteiger partial charge >= 0.3 is 0 Å². The molecule has 0 saturated carbocycles. The van der Waals surface area contributed by atoms with Gasteiger partial charge in [0.05, 0.1) is 29.0 Å². The lowest BCUT2D eigenvalue weighted by Crippen LogP contribution is -2.53. The Hall–Kier alpha value is -3.07. The molecule has 0 bridgehead atoms. The van der Waals surface area contributed by atoms with Crippen molar-refractivity contribution in [2.75, 3.05) is 13.1 Å². The van der Waals surface area contributed by atoms with Crippen molar-refractivity contribution in [3.63, 3.8) is 0 Å². The van der Waals surface area contributed by atoms with Crippen LogP contribution in [0.2, 0.25) is 0 Å². The maximum atomic E-state index is 13.6. The van der Waals surface area contributed by atoms with Crippen LogP contribution in [0.5, 0.6) is 5.75 Å². The summed E-state index contributed by atoms with van der Waals surface area (Å²) < 4.78 is 34.6. The van der Waals surface area contributed by atoms with Gasteiger partial charge in [0.15, 0.2) is 0 Å². The lowest BCUT2D eigenvalue weighted by atomic mass is 10.0. The van der Waals surface area contributed by atoms with Crippen LogP contribution in [0.25, 0.3) is 5.52 Å². The van der Waals surface area contributed by atoms with Crippen molar-refractivity contribution >= 4 is 11.4 Å². The highest BCUT2D eigenvalue weighted by molar-refractivity contribution is 6.02. The van der Waals surface area contributed by atoms with Crippen molar-refractivity contribution in [1.82, 2.24) is 25.2 Å². The van der Waals surface area contributed by atoms with Crippen LogP contribution in [0.4, 0.5) is 8.78 Å². The number of rotatable bonds is 5. The Balaban J connectivity index is 1.53. The Morgan fingerprint density at radius 1 is 1.41 bits per heavy atom. The van der Waals surface area contributed by atoms with E-state index in [9.17, 15) is 13.6 Å². The number of fused-ring (bicyclic) bond motifs is 1. The summed E-state index contributed by atoms with van der Waals surface area (Å²) in [4.78, 5) is 17.0. The second-order valence-corrected chi connectivity index (χ2v) is 7.12. The minimum atomic E-state index is -2.83. The quantitative estimate of drug-likeness (QED) is 0.686. The van der Waals surface area contributed by atoms with Gasteiger partial charge in [-0.2, -0.15) is 5.10 Å². The van der Waals surface area contributed by atoms with Crippen LogP contribution in [-0.4, -0.2) is 45.6 Å². The van der Waals surface area contributed by atoms with Crippen molar-refractivity contribution in [2.24, 2.45) is 0 Å². The number of nitrogens with zero attached hydrogens (tertiary/aromatic N) is 3. The lowest BCUT2D eigenvalue weighted by Gasteiger charge is -2.30. The summed E-state index contributed by atoms with van der Waals surface area (Å²) in [6.07, 6.45) is 3.00. The fourth-order valence-electron chi connectivity index (χ4n) is 3.45. The molecular formula is C20H21F2N5O2. The van der Waals surface area contributed by atoms with Crippen LogP contribution in [-0.2, 0) is 6.61 Å². The third kappa shape index (κ3) is 4.34. The minimum Gasteiger partial charge on any atom is -0.487 e. The highest BCUT2D eigenvalue weighted by Crippen LogP contribution is 2.24. The van der Waals surface area contributed by atoms with Gasteiger partial charge in [0, 0.05) is 37.5 Å². The largest absolute Gasteiger partial charge is 0.487 e. The highest BCUT2D eigenvalue weighted by Gasteiger charge is 2.37. The number of alkyl halides is 2. The Kier molecular flexibility index (Phi) is 5.14. The molecule has 2 N–H and O–H groups in total. The third-order valence-corrected chi connectivity index (χ3v) is 4.78. The van der Waals surface area contributed by atoms with E-state index in [0.717, 1.165) is 5.69 Å². The van der Waals surface area contributed by atoms with Gasteiger partial charge in [0.25, 0.3) is 11.8 Å². The van der Waals surface area contributed by atoms with Crippen LogP contribution in [0, 0.1) is 6.92 Å². The van der Waals surface area contributed by atoms with Crippen molar-refractivity contribution in [1.29, 1.82) is 0 Å². The molecule has 0 aromatic carbocycles. The van der Waals surface area contributed by atoms with E-state index in [-0.39, 0.29) is 19.6 Å². The molecule has 7 nitrogen and oxygen atoms in total. The fraction of sp³-hybridized carbons (Fsp3) is 0.350. The molecule has 4 rings (SSSR count). The number of nitrogens with one attached hydrogen (secondary N) is 2. The van der Waals surface area contributed by atoms with E-state index < -0.39 is 17.9 Å². The Morgan fingerprint density at radius 2 is 2.28 bits per heavy atom. The molecule has 1 unspecified atom stereocenters. The van der Waals surface area contributed by atoms with E-state index in [4.69, 9.17) is 4.74 Å². The number of ether oxygens (including phenoxy) is 1. The summed E-state index contributed by atoms with van der Waals surface area (Å²) >= 11 is 0. The molecule has 1 fully saturated rings. The Morgan fingerprint density at radius 3 is 3.03 bits per heavy atom. The van der Waals surface area contributed by atoms with Gasteiger partial charge in [0.1, 0.15) is 12.4 Å². The third-order valence-electron chi connectivity index (χ3n) is 4.78. The number of pyridine rings is 2. The molecule has 0 aliphatic carbocycles. The predicted octanol–water partition coefficient (Wildman–Crippen LogP) is 2.34. The van der Waals surface area contributed by atoms with Crippen molar-refractivity contribution in [3.8, 4) is 5.75 Å². The smallest absolute Gasteiger partial charge is 0.262 e. The number of halogens is 2. The fourth-order valence-corrected chi connectivity index (χ4v) is 3.45. The number of hydrogen-bond donors (Lipinski definition) is 2. The predicted molar refractivity (Wildman–Crippen MR) is 102 cm³/mol. The van der Waals surface area contributed by atoms with Gasteiger partial charge in [0.2, 0.25) is 0 Å². The standard InChI is InChI=1S/C20H21F2N5O2/c1-13-18(19(28)25-15-9-20(21,22)12-23-10-15)17-8-16(5-7-27(17)26-13)29-11-14-4-2-3-6-24-14/h2-8,15,23H,9-12H2,1H3,(H,25,28). The molecule has 1 saturated heterocycles. The first-order chi connectivity index (χ1) is 13.9. The van der Waals surface area contributed by atoms with Crippen molar-refractivity contribution < 1.29 is 18.3 Å². The van der Waals surface area contributed by atoms with Gasteiger partial charge in [-0.25, -0.2) is 13.3 Å². The molecule has 0 radical (unpaired) electrons. The average Bonchev–Trinajstić information content (AvgIpc) is 3.01. The normalized spacial score (nSPS) is 18.5. The van der Waals surface area contributed by atoms with Gasteiger partial charge in [-0.15, -0.1) is 0 Å². The zero-order valence-electron chi connectivity index (χ0n) is 15.9. The second-order valence-electron chi connectivity index (χ2n) is 7.12. The first kappa shape index (κ1) is 19.3. The summed E-state index contributed by atoms with van der Waals surface area (Å²) in [6, 6.07) is 8.37. The van der Waals surface area contributed by atoms with Crippen LogP contribution < -0.4 is 15.4 Å². The summed E-state index contributed by atoms with van der Waals surface area (Å²) in [7, 11) is 0. The topological polar surface area (TPSA) is 80.5 Å². The number of aromatic nitrogens is 3. The zero-order chi connectivity index (χ0) is 20.4. The minimum absolute atomic E-state index is 0.286. The molecular weight excluding hydrogens is 380 g/mol. The van der Waals surface area contributed by atoms with Crippen molar-refractivity contribution in [2.45, 2.75) is 31.9 Å². The van der Waals surface area contributed by atoms with Crippen molar-refractivity contribution in [3.05, 3.63) is 59.7 Å². The molecule has 4 heterocycles. The van der Waals surface area contributed by atoms with E-state index in [2.05, 4.69) is 20.7 Å². The lowest BCUT2D eigenvalue weighted by molar-refractivity contribution is -0.0301. The van der Waals surface area contributed by atoms with E-state index in [1.807, 2.05) is 18.2 Å². The molecule has 0 spiro atoms. The Bertz CT molecular complexity index is 1020. The molecule has 1 amide bonds.